The number of aliphatic hydroxyl groups excluding tert-OH is 1. The van der Waals surface area contributed by atoms with E-state index in [4.69, 9.17) is 14.0 Å². The SMILES string of the molecule is Cc1noc(C)c1NC(=O)N1C[C@H](O)COC[C@H]2O[C@H](CC(=O)NCC3CCCCC3)CC[C@@H]21. The molecule has 10 nitrogen and oxygen atoms in total. The molecule has 3 N–H and O–H groups in total. The molecule has 0 aromatic carbocycles. The van der Waals surface area contributed by atoms with Crippen LogP contribution >= 0.6 is 0 Å². The van der Waals surface area contributed by atoms with Crippen LogP contribution in [0.25, 0.3) is 0 Å². The number of nitrogens with zero attached hydrogens (tertiary/aromatic N) is 2. The van der Waals surface area contributed by atoms with Gasteiger partial charge in [0.05, 0.1) is 44.4 Å². The lowest BCUT2D eigenvalue weighted by molar-refractivity contribution is -0.149. The number of aryl methyl sites for hydroxylation is 2. The summed E-state index contributed by atoms with van der Waals surface area (Å²) in [6, 6.07) is -0.602. The number of fused-ring (bicyclic) bond motifs is 1. The maximum Gasteiger partial charge on any atom is 0.322 e. The van der Waals surface area contributed by atoms with E-state index in [1.165, 1.54) is 32.1 Å². The van der Waals surface area contributed by atoms with Crippen LogP contribution in [-0.4, -0.2) is 77.8 Å². The van der Waals surface area contributed by atoms with E-state index in [1.54, 1.807) is 18.7 Å². The Hall–Kier alpha value is -2.17. The van der Waals surface area contributed by atoms with Crippen LogP contribution in [0.1, 0.15) is 62.8 Å². The Bertz CT molecular complexity index is 820. The largest absolute Gasteiger partial charge is 0.389 e. The van der Waals surface area contributed by atoms with E-state index in [-0.39, 0.29) is 49.9 Å². The Morgan fingerprint density at radius 2 is 1.91 bits per heavy atom. The topological polar surface area (TPSA) is 126 Å². The first-order valence-corrected chi connectivity index (χ1v) is 12.6. The minimum absolute atomic E-state index is 0.0178. The maximum absolute atomic E-state index is 13.2. The number of amides is 3. The van der Waals surface area contributed by atoms with Crippen LogP contribution < -0.4 is 10.6 Å². The second kappa shape index (κ2) is 11.5. The molecule has 4 rings (SSSR count). The monoisotopic (exact) mass is 478 g/mol. The Kier molecular flexibility index (Phi) is 8.44. The van der Waals surface area contributed by atoms with Crippen molar-refractivity contribution in [2.75, 3.05) is 31.6 Å². The fourth-order valence-corrected chi connectivity index (χ4v) is 5.34. The van der Waals surface area contributed by atoms with Crippen molar-refractivity contribution in [1.29, 1.82) is 0 Å². The zero-order chi connectivity index (χ0) is 24.1. The molecule has 1 saturated carbocycles. The van der Waals surface area contributed by atoms with Crippen molar-refractivity contribution in [1.82, 2.24) is 15.4 Å². The molecular formula is C24H38N4O6. The molecule has 190 valence electrons. The lowest BCUT2D eigenvalue weighted by Crippen LogP contribution is -2.58. The number of ether oxygens (including phenoxy) is 2. The van der Waals surface area contributed by atoms with Crippen LogP contribution in [0.4, 0.5) is 10.5 Å². The van der Waals surface area contributed by atoms with Crippen molar-refractivity contribution in [3.63, 3.8) is 0 Å². The molecule has 2 saturated heterocycles. The van der Waals surface area contributed by atoms with E-state index in [0.717, 1.165) is 6.54 Å². The average molecular weight is 479 g/mol. The molecule has 3 fully saturated rings. The summed E-state index contributed by atoms with van der Waals surface area (Å²) in [5.41, 5.74) is 1.14. The lowest BCUT2D eigenvalue weighted by Gasteiger charge is -2.44. The standard InChI is InChI=1S/C24H38N4O6/c1-15-23(16(2)34-27-15)26-24(31)28-12-18(29)13-32-14-21-20(28)9-8-19(33-21)10-22(30)25-11-17-6-4-3-5-7-17/h17-21,29H,3-14H2,1-2H3,(H,25,30)(H,26,31)/t18-,19-,20-,21+/m0/s1. The molecule has 1 aromatic heterocycles. The molecule has 1 aromatic rings. The Labute approximate surface area is 200 Å². The molecule has 0 unspecified atom stereocenters. The first kappa shape index (κ1) is 24.9. The molecule has 4 atom stereocenters. The van der Waals surface area contributed by atoms with E-state index >= 15 is 0 Å². The minimum Gasteiger partial charge on any atom is -0.389 e. The van der Waals surface area contributed by atoms with E-state index in [2.05, 4.69) is 15.8 Å². The minimum atomic E-state index is -0.792. The van der Waals surface area contributed by atoms with Crippen molar-refractivity contribution >= 4 is 17.6 Å². The highest BCUT2D eigenvalue weighted by Crippen LogP contribution is 2.29. The lowest BCUT2D eigenvalue weighted by atomic mass is 9.89. The fraction of sp³-hybridized carbons (Fsp3) is 0.792. The molecule has 3 heterocycles. The Morgan fingerprint density at radius 1 is 1.12 bits per heavy atom. The van der Waals surface area contributed by atoms with Gasteiger partial charge in [-0.05, 0) is 45.4 Å². The second-order valence-corrected chi connectivity index (χ2v) is 9.93. The molecule has 1 aliphatic carbocycles. The second-order valence-electron chi connectivity index (χ2n) is 9.93. The molecule has 10 heteroatoms. The number of nitrogens with one attached hydrogen (secondary N) is 2. The van der Waals surface area contributed by atoms with Gasteiger partial charge < -0.3 is 34.6 Å². The van der Waals surface area contributed by atoms with Crippen molar-refractivity contribution in [3.8, 4) is 0 Å². The van der Waals surface area contributed by atoms with Crippen molar-refractivity contribution in [3.05, 3.63) is 11.5 Å². The van der Waals surface area contributed by atoms with Crippen molar-refractivity contribution in [2.45, 2.75) is 89.6 Å². The highest BCUT2D eigenvalue weighted by atomic mass is 16.5. The van der Waals surface area contributed by atoms with Gasteiger partial charge in [0, 0.05) is 6.54 Å². The number of hydrogen-bond acceptors (Lipinski definition) is 7. The summed E-state index contributed by atoms with van der Waals surface area (Å²) in [4.78, 5) is 27.4. The molecule has 3 amide bonds. The van der Waals surface area contributed by atoms with Gasteiger partial charge in [-0.1, -0.05) is 24.4 Å². The van der Waals surface area contributed by atoms with Gasteiger partial charge in [0.15, 0.2) is 5.76 Å². The molecule has 0 bridgehead atoms. The van der Waals surface area contributed by atoms with Gasteiger partial charge in [0.1, 0.15) is 17.5 Å². The number of carbonyl (C=O) groups excluding carboxylic acids is 2. The third kappa shape index (κ3) is 6.28. The third-order valence-corrected chi connectivity index (χ3v) is 7.23. The van der Waals surface area contributed by atoms with Crippen molar-refractivity contribution in [2.24, 2.45) is 5.92 Å². The first-order valence-electron chi connectivity index (χ1n) is 12.6. The van der Waals surface area contributed by atoms with Gasteiger partial charge in [-0.3, -0.25) is 4.79 Å². The maximum atomic E-state index is 13.2. The summed E-state index contributed by atoms with van der Waals surface area (Å²) in [5, 5.41) is 20.2. The Morgan fingerprint density at radius 3 is 2.65 bits per heavy atom. The quantitative estimate of drug-likeness (QED) is 0.594. The summed E-state index contributed by atoms with van der Waals surface area (Å²) < 4.78 is 17.1. The summed E-state index contributed by atoms with van der Waals surface area (Å²) in [6.07, 6.45) is 6.45. The summed E-state index contributed by atoms with van der Waals surface area (Å²) in [6.45, 7) is 4.76. The van der Waals surface area contributed by atoms with E-state index < -0.39 is 6.10 Å². The molecule has 2 aliphatic heterocycles. The number of β-amino-alcohol motifs (C(OH)–C–C–N with tert-alkyl or cyclic N) is 1. The zero-order valence-corrected chi connectivity index (χ0v) is 20.3. The van der Waals surface area contributed by atoms with Crippen LogP contribution in [0.5, 0.6) is 0 Å². The third-order valence-electron chi connectivity index (χ3n) is 7.23. The van der Waals surface area contributed by atoms with E-state index in [9.17, 15) is 14.7 Å². The number of hydrogen-bond donors (Lipinski definition) is 3. The zero-order valence-electron chi connectivity index (χ0n) is 20.3. The fourth-order valence-electron chi connectivity index (χ4n) is 5.34. The van der Waals surface area contributed by atoms with Gasteiger partial charge in [0.25, 0.3) is 0 Å². The van der Waals surface area contributed by atoms with Crippen LogP contribution in [0, 0.1) is 19.8 Å². The summed E-state index contributed by atoms with van der Waals surface area (Å²) in [5.74, 6) is 1.13. The van der Waals surface area contributed by atoms with Gasteiger partial charge in [0.2, 0.25) is 5.91 Å². The predicted octanol–water partition coefficient (Wildman–Crippen LogP) is 2.52. The molecule has 34 heavy (non-hydrogen) atoms. The van der Waals surface area contributed by atoms with Crippen molar-refractivity contribution < 1.29 is 28.7 Å². The molecule has 0 spiro atoms. The number of aromatic nitrogens is 1. The number of carbonyl (C=O) groups is 2. The van der Waals surface area contributed by atoms with Gasteiger partial charge >= 0.3 is 6.03 Å². The molecular weight excluding hydrogens is 440 g/mol. The summed E-state index contributed by atoms with van der Waals surface area (Å²) in [7, 11) is 0. The number of aliphatic hydroxyl groups is 1. The normalized spacial score (nSPS) is 28.5. The van der Waals surface area contributed by atoms with Crippen LogP contribution in [0.2, 0.25) is 0 Å². The summed E-state index contributed by atoms with van der Waals surface area (Å²) >= 11 is 0. The Balaban J connectivity index is 1.35. The number of rotatable bonds is 5. The van der Waals surface area contributed by atoms with Crippen LogP contribution in [0.15, 0.2) is 4.52 Å². The van der Waals surface area contributed by atoms with Crippen LogP contribution in [0.3, 0.4) is 0 Å². The van der Waals surface area contributed by atoms with E-state index in [1.807, 2.05) is 0 Å². The van der Waals surface area contributed by atoms with Gasteiger partial charge in [-0.2, -0.15) is 0 Å². The van der Waals surface area contributed by atoms with Gasteiger partial charge in [-0.15, -0.1) is 0 Å². The molecule has 3 aliphatic rings. The number of urea groups is 1. The molecule has 0 radical (unpaired) electrons. The highest BCUT2D eigenvalue weighted by Gasteiger charge is 2.40. The van der Waals surface area contributed by atoms with Gasteiger partial charge in [-0.25, -0.2) is 4.79 Å². The highest BCUT2D eigenvalue weighted by molar-refractivity contribution is 5.90. The van der Waals surface area contributed by atoms with E-state index in [0.29, 0.717) is 42.3 Å². The predicted molar refractivity (Wildman–Crippen MR) is 124 cm³/mol. The van der Waals surface area contributed by atoms with Crippen LogP contribution in [-0.2, 0) is 14.3 Å². The first-order chi connectivity index (χ1) is 16.4. The average Bonchev–Trinajstić information content (AvgIpc) is 3.13. The smallest absolute Gasteiger partial charge is 0.322 e. The number of anilines is 1.